The highest BCUT2D eigenvalue weighted by atomic mass is 16.5. The molecule has 0 fully saturated rings. The van der Waals surface area contributed by atoms with Crippen LogP contribution in [0.15, 0.2) is 36.4 Å². The Hall–Kier alpha value is -3.76. The Bertz CT molecular complexity index is 1380. The fourth-order valence-electron chi connectivity index (χ4n) is 5.10. The highest BCUT2D eigenvalue weighted by Gasteiger charge is 2.24. The van der Waals surface area contributed by atoms with Crippen molar-refractivity contribution in [3.05, 3.63) is 69.8 Å². The number of nitrogens with zero attached hydrogens (tertiary/aromatic N) is 4. The Balaban J connectivity index is 2.24. The van der Waals surface area contributed by atoms with Gasteiger partial charge in [-0.15, -0.1) is 0 Å². The van der Waals surface area contributed by atoms with E-state index in [1.807, 2.05) is 62.3 Å². The summed E-state index contributed by atoms with van der Waals surface area (Å²) in [5.74, 6) is -0.652. The van der Waals surface area contributed by atoms with Gasteiger partial charge in [-0.05, 0) is 116 Å². The molecule has 0 saturated heterocycles. The van der Waals surface area contributed by atoms with Crippen molar-refractivity contribution in [1.82, 2.24) is 19.6 Å². The highest BCUT2D eigenvalue weighted by Crippen LogP contribution is 2.23. The zero-order chi connectivity index (χ0) is 36.4. The molecule has 0 aliphatic rings. The first-order chi connectivity index (χ1) is 22.4. The summed E-state index contributed by atoms with van der Waals surface area (Å²) >= 11 is 0. The molecular formula is C38H58N4O6. The maximum atomic E-state index is 13.6. The average molecular weight is 667 g/mol. The molecule has 0 N–H and O–H groups in total. The molecule has 2 aromatic rings. The molecule has 0 aliphatic heterocycles. The van der Waals surface area contributed by atoms with E-state index < -0.39 is 5.60 Å². The zero-order valence-electron chi connectivity index (χ0n) is 31.4. The molecule has 266 valence electrons. The van der Waals surface area contributed by atoms with Crippen molar-refractivity contribution in [2.75, 3.05) is 53.9 Å². The molecule has 10 nitrogen and oxygen atoms in total. The second-order valence-corrected chi connectivity index (χ2v) is 13.9. The van der Waals surface area contributed by atoms with Crippen LogP contribution in [0.5, 0.6) is 0 Å². The number of hydrogen-bond acceptors (Lipinski definition) is 6. The number of rotatable bonds is 16. The Labute approximate surface area is 288 Å². The number of carbonyl (C=O) groups is 4. The van der Waals surface area contributed by atoms with E-state index in [0.717, 1.165) is 11.1 Å². The van der Waals surface area contributed by atoms with Gasteiger partial charge in [-0.3, -0.25) is 19.2 Å². The maximum absolute atomic E-state index is 13.6. The van der Waals surface area contributed by atoms with Crippen molar-refractivity contribution in [3.63, 3.8) is 0 Å². The van der Waals surface area contributed by atoms with Gasteiger partial charge in [0.25, 0.3) is 23.6 Å². The van der Waals surface area contributed by atoms with Crippen molar-refractivity contribution in [2.24, 2.45) is 0 Å². The molecule has 2 aromatic carbocycles. The van der Waals surface area contributed by atoms with Gasteiger partial charge in [0.05, 0.1) is 24.4 Å². The van der Waals surface area contributed by atoms with Gasteiger partial charge in [0.2, 0.25) is 0 Å². The summed E-state index contributed by atoms with van der Waals surface area (Å²) in [7, 11) is 5.09. The van der Waals surface area contributed by atoms with Gasteiger partial charge < -0.3 is 29.1 Å². The third-order valence-corrected chi connectivity index (χ3v) is 8.18. The molecule has 0 atom stereocenters. The van der Waals surface area contributed by atoms with Crippen LogP contribution in [0.3, 0.4) is 0 Å². The number of hydrogen-bond donors (Lipinski definition) is 0. The standard InChI is InChI=1S/C38H58N4O6/c1-13-41(14-2)35(45)31-21-28(22-32(24-31)36(46)42(15-3)16-4)26-48-38(8,9)17-18-40(12)34(44)30-20-27(25-47-37(5,6)7)19-29(23-30)33(43)39(10)11/h19-24H,13-18,25-26H2,1-12H3. The van der Waals surface area contributed by atoms with Crippen LogP contribution in [0.1, 0.15) is 121 Å². The summed E-state index contributed by atoms with van der Waals surface area (Å²) in [4.78, 5) is 59.6. The largest absolute Gasteiger partial charge is 0.371 e. The Morgan fingerprint density at radius 2 is 0.938 bits per heavy atom. The lowest BCUT2D eigenvalue weighted by Gasteiger charge is -2.29. The van der Waals surface area contributed by atoms with E-state index in [9.17, 15) is 19.2 Å². The van der Waals surface area contributed by atoms with Gasteiger partial charge in [-0.1, -0.05) is 0 Å². The van der Waals surface area contributed by atoms with E-state index in [1.165, 1.54) is 4.90 Å². The van der Waals surface area contributed by atoms with Crippen molar-refractivity contribution in [2.45, 2.75) is 93.2 Å². The van der Waals surface area contributed by atoms with Crippen molar-refractivity contribution in [3.8, 4) is 0 Å². The van der Waals surface area contributed by atoms with Crippen LogP contribution in [-0.4, -0.2) is 108 Å². The third-order valence-electron chi connectivity index (χ3n) is 8.18. The lowest BCUT2D eigenvalue weighted by molar-refractivity contribution is -0.0381. The second kappa shape index (κ2) is 17.6. The minimum absolute atomic E-state index is 0.126. The highest BCUT2D eigenvalue weighted by molar-refractivity contribution is 6.01. The molecule has 0 heterocycles. The van der Waals surface area contributed by atoms with Crippen LogP contribution in [0.25, 0.3) is 0 Å². The monoisotopic (exact) mass is 666 g/mol. The third kappa shape index (κ3) is 11.7. The summed E-state index contributed by atoms with van der Waals surface area (Å²) < 4.78 is 12.3. The number of carbonyl (C=O) groups excluding carboxylic acids is 4. The predicted molar refractivity (Wildman–Crippen MR) is 190 cm³/mol. The summed E-state index contributed by atoms with van der Waals surface area (Å²) in [5.41, 5.74) is 2.23. The molecule has 0 saturated carbocycles. The Kier molecular flexibility index (Phi) is 14.8. The molecule has 0 aromatic heterocycles. The van der Waals surface area contributed by atoms with Crippen molar-refractivity contribution >= 4 is 23.6 Å². The maximum Gasteiger partial charge on any atom is 0.253 e. The molecule has 0 radical (unpaired) electrons. The van der Waals surface area contributed by atoms with Crippen molar-refractivity contribution in [1.29, 1.82) is 0 Å². The van der Waals surface area contributed by atoms with Crippen LogP contribution in [0.2, 0.25) is 0 Å². The lowest BCUT2D eigenvalue weighted by atomic mass is 10.0. The van der Waals surface area contributed by atoms with E-state index in [0.29, 0.717) is 61.4 Å². The minimum Gasteiger partial charge on any atom is -0.371 e. The minimum atomic E-state index is -0.634. The average Bonchev–Trinajstić information content (AvgIpc) is 3.05. The topological polar surface area (TPSA) is 99.7 Å². The first-order valence-corrected chi connectivity index (χ1v) is 17.0. The molecule has 0 spiro atoms. The molecule has 48 heavy (non-hydrogen) atoms. The molecule has 0 aliphatic carbocycles. The van der Waals surface area contributed by atoms with Gasteiger partial charge in [-0.25, -0.2) is 0 Å². The van der Waals surface area contributed by atoms with Crippen LogP contribution in [0.4, 0.5) is 0 Å². The predicted octanol–water partition coefficient (Wildman–Crippen LogP) is 6.13. The Morgan fingerprint density at radius 3 is 1.31 bits per heavy atom. The molecular weight excluding hydrogens is 608 g/mol. The van der Waals surface area contributed by atoms with Crippen LogP contribution in [0, 0.1) is 0 Å². The van der Waals surface area contributed by atoms with Crippen LogP contribution in [-0.2, 0) is 22.7 Å². The normalized spacial score (nSPS) is 11.7. The summed E-state index contributed by atoms with van der Waals surface area (Å²) in [5, 5.41) is 0. The van der Waals surface area contributed by atoms with Gasteiger partial charge in [0.1, 0.15) is 0 Å². The molecule has 0 unspecified atom stereocenters. The quantitative estimate of drug-likeness (QED) is 0.214. The van der Waals surface area contributed by atoms with E-state index >= 15 is 0 Å². The number of amides is 4. The number of ether oxygens (including phenoxy) is 2. The lowest BCUT2D eigenvalue weighted by Crippen LogP contribution is -2.35. The van der Waals surface area contributed by atoms with Crippen LogP contribution >= 0.6 is 0 Å². The first kappa shape index (κ1) is 40.4. The smallest absolute Gasteiger partial charge is 0.253 e. The van der Waals surface area contributed by atoms with Gasteiger partial charge in [0.15, 0.2) is 0 Å². The fraction of sp³-hybridized carbons (Fsp3) is 0.579. The second-order valence-electron chi connectivity index (χ2n) is 13.9. The Morgan fingerprint density at radius 1 is 0.562 bits per heavy atom. The van der Waals surface area contributed by atoms with Gasteiger partial charge >= 0.3 is 0 Å². The zero-order valence-corrected chi connectivity index (χ0v) is 31.4. The first-order valence-electron chi connectivity index (χ1n) is 17.0. The van der Waals surface area contributed by atoms with E-state index in [1.54, 1.807) is 72.2 Å². The van der Waals surface area contributed by atoms with Gasteiger partial charge in [-0.2, -0.15) is 0 Å². The fourth-order valence-corrected chi connectivity index (χ4v) is 5.10. The summed E-state index contributed by atoms with van der Waals surface area (Å²) in [6, 6.07) is 10.5. The molecule has 4 amide bonds. The number of benzene rings is 2. The van der Waals surface area contributed by atoms with E-state index in [4.69, 9.17) is 9.47 Å². The summed E-state index contributed by atoms with van der Waals surface area (Å²) in [6.45, 7) is 20.6. The molecule has 0 bridgehead atoms. The van der Waals surface area contributed by atoms with Gasteiger partial charge in [0, 0.05) is 76.1 Å². The van der Waals surface area contributed by atoms with Crippen molar-refractivity contribution < 1.29 is 28.7 Å². The van der Waals surface area contributed by atoms with E-state index in [2.05, 4.69) is 0 Å². The summed E-state index contributed by atoms with van der Waals surface area (Å²) in [6.07, 6.45) is 0.523. The molecule has 2 rings (SSSR count). The molecule has 10 heteroatoms. The van der Waals surface area contributed by atoms with Crippen LogP contribution < -0.4 is 0 Å². The SMILES string of the molecule is CCN(CC)C(=O)c1cc(COC(C)(C)CCN(C)C(=O)c2cc(COC(C)(C)C)cc(C(=O)N(C)C)c2)cc(C(=O)N(CC)CC)c1. The van der Waals surface area contributed by atoms with E-state index in [-0.39, 0.29) is 42.4 Å².